The zero-order valence-corrected chi connectivity index (χ0v) is 35.4. The number of carbonyl (C=O) groups is 3. The molecule has 1 unspecified atom stereocenters. The van der Waals surface area contributed by atoms with E-state index in [9.17, 15) is 14.4 Å². The molecule has 0 spiro atoms. The predicted octanol–water partition coefficient (Wildman–Crippen LogP) is 14.1. The van der Waals surface area contributed by atoms with Gasteiger partial charge in [-0.25, -0.2) is 0 Å². The van der Waals surface area contributed by atoms with Gasteiger partial charge in [0, 0.05) is 19.3 Å². The number of rotatable bonds is 38. The van der Waals surface area contributed by atoms with Crippen molar-refractivity contribution in [2.24, 2.45) is 0 Å². The van der Waals surface area contributed by atoms with Crippen LogP contribution in [0.5, 0.6) is 0 Å². The van der Waals surface area contributed by atoms with E-state index < -0.39 is 6.10 Å². The van der Waals surface area contributed by atoms with Crippen LogP contribution in [-0.2, 0) is 28.6 Å². The third-order valence-corrected chi connectivity index (χ3v) is 8.86. The van der Waals surface area contributed by atoms with E-state index in [0.717, 1.165) is 116 Å². The second-order valence-electron chi connectivity index (χ2n) is 14.2. The highest BCUT2D eigenvalue weighted by Gasteiger charge is 2.19. The molecule has 0 aliphatic carbocycles. The van der Waals surface area contributed by atoms with Crippen molar-refractivity contribution in [3.8, 4) is 0 Å². The molecule has 312 valence electrons. The maximum Gasteiger partial charge on any atom is 0.306 e. The fourth-order valence-electron chi connectivity index (χ4n) is 5.56. The van der Waals surface area contributed by atoms with Gasteiger partial charge in [0.1, 0.15) is 13.2 Å². The Bertz CT molecular complexity index is 1110. The normalized spacial score (nSPS) is 12.9. The molecule has 0 bridgehead atoms. The first-order valence-corrected chi connectivity index (χ1v) is 22.1. The summed E-state index contributed by atoms with van der Waals surface area (Å²) in [6.07, 6.45) is 54.5. The molecule has 6 heteroatoms. The number of carbonyl (C=O) groups excluding carboxylic acids is 3. The minimum absolute atomic E-state index is 0.0953. The third kappa shape index (κ3) is 41.6. The maximum atomic E-state index is 12.6. The first kappa shape index (κ1) is 51.6. The summed E-state index contributed by atoms with van der Waals surface area (Å²) in [5, 5.41) is 0. The van der Waals surface area contributed by atoms with Gasteiger partial charge < -0.3 is 14.2 Å². The van der Waals surface area contributed by atoms with Gasteiger partial charge in [0.2, 0.25) is 0 Å². The lowest BCUT2D eigenvalue weighted by Crippen LogP contribution is -2.30. The van der Waals surface area contributed by atoms with Gasteiger partial charge in [0.15, 0.2) is 6.10 Å². The van der Waals surface area contributed by atoms with Gasteiger partial charge >= 0.3 is 17.9 Å². The number of hydrogen-bond donors (Lipinski definition) is 0. The molecule has 0 aliphatic rings. The lowest BCUT2D eigenvalue weighted by atomic mass is 10.1. The van der Waals surface area contributed by atoms with E-state index >= 15 is 0 Å². The minimum Gasteiger partial charge on any atom is -0.462 e. The van der Waals surface area contributed by atoms with Crippen LogP contribution < -0.4 is 0 Å². The molecule has 0 fully saturated rings. The van der Waals surface area contributed by atoms with E-state index in [1.165, 1.54) is 32.1 Å². The van der Waals surface area contributed by atoms with Crippen molar-refractivity contribution in [2.75, 3.05) is 13.2 Å². The first-order chi connectivity index (χ1) is 27.0. The Morgan fingerprint density at radius 3 is 1.24 bits per heavy atom. The highest BCUT2D eigenvalue weighted by atomic mass is 16.6. The standard InChI is InChI=1S/C49H80O6/c1-4-7-10-13-16-18-20-21-22-23-24-25-26-27-28-29-30-32-33-36-39-42-48(51)54-45-46(44-53-47(50)41-38-35-15-12-9-6-3)55-49(52)43-40-37-34-31-19-17-14-11-8-5-2/h7,10-11,14,16,18,21-22,24-25,27-28,30,32,46H,4-6,8-9,12-13,15,17,19-20,23,26,29,31,33-45H2,1-3H3/b10-7-,14-11-,18-16-,22-21-,25-24-,28-27-,32-30-. The largest absolute Gasteiger partial charge is 0.462 e. The van der Waals surface area contributed by atoms with Gasteiger partial charge in [-0.2, -0.15) is 0 Å². The Morgan fingerprint density at radius 2 is 0.745 bits per heavy atom. The van der Waals surface area contributed by atoms with Crippen LogP contribution >= 0.6 is 0 Å². The van der Waals surface area contributed by atoms with Crippen LogP contribution in [0, 0.1) is 0 Å². The molecule has 0 aromatic carbocycles. The Labute approximate surface area is 337 Å². The fraction of sp³-hybridized carbons (Fsp3) is 0.653. The van der Waals surface area contributed by atoms with E-state index in [0.29, 0.717) is 19.3 Å². The van der Waals surface area contributed by atoms with Crippen LogP contribution in [0.15, 0.2) is 85.1 Å². The summed E-state index contributed by atoms with van der Waals surface area (Å²) in [5.41, 5.74) is 0. The predicted molar refractivity (Wildman–Crippen MR) is 233 cm³/mol. The van der Waals surface area contributed by atoms with Crippen molar-refractivity contribution in [2.45, 2.75) is 194 Å². The quantitative estimate of drug-likeness (QED) is 0.0270. The summed E-state index contributed by atoms with van der Waals surface area (Å²) in [6, 6.07) is 0. The molecule has 0 aliphatic heterocycles. The van der Waals surface area contributed by atoms with Crippen molar-refractivity contribution in [1.82, 2.24) is 0 Å². The Balaban J connectivity index is 4.33. The van der Waals surface area contributed by atoms with E-state index in [1.54, 1.807) is 0 Å². The number of unbranched alkanes of at least 4 members (excludes halogenated alkanes) is 13. The average Bonchev–Trinajstić information content (AvgIpc) is 3.18. The smallest absolute Gasteiger partial charge is 0.306 e. The molecule has 0 N–H and O–H groups in total. The molecule has 1 atom stereocenters. The Hall–Kier alpha value is -3.41. The summed E-state index contributed by atoms with van der Waals surface area (Å²) in [5.74, 6) is -0.972. The second kappa shape index (κ2) is 43.3. The van der Waals surface area contributed by atoms with Crippen molar-refractivity contribution < 1.29 is 28.6 Å². The van der Waals surface area contributed by atoms with Crippen molar-refractivity contribution in [3.05, 3.63) is 85.1 Å². The van der Waals surface area contributed by atoms with Crippen LogP contribution in [0.4, 0.5) is 0 Å². The number of hydrogen-bond acceptors (Lipinski definition) is 6. The maximum absolute atomic E-state index is 12.6. The first-order valence-electron chi connectivity index (χ1n) is 22.1. The summed E-state index contributed by atoms with van der Waals surface area (Å²) < 4.78 is 16.5. The number of ether oxygens (including phenoxy) is 3. The lowest BCUT2D eigenvalue weighted by molar-refractivity contribution is -0.167. The molecular weight excluding hydrogens is 685 g/mol. The van der Waals surface area contributed by atoms with Gasteiger partial charge in [-0.15, -0.1) is 0 Å². The molecule has 0 saturated heterocycles. The summed E-state index contributed by atoms with van der Waals surface area (Å²) in [6.45, 7) is 6.32. The molecule has 0 radical (unpaired) electrons. The van der Waals surface area contributed by atoms with Crippen molar-refractivity contribution in [3.63, 3.8) is 0 Å². The molecule has 0 saturated carbocycles. The van der Waals surface area contributed by atoms with Crippen LogP contribution in [0.2, 0.25) is 0 Å². The van der Waals surface area contributed by atoms with E-state index in [4.69, 9.17) is 14.2 Å². The zero-order chi connectivity index (χ0) is 40.1. The van der Waals surface area contributed by atoms with Crippen LogP contribution in [0.25, 0.3) is 0 Å². The van der Waals surface area contributed by atoms with Crippen LogP contribution in [0.3, 0.4) is 0 Å². The van der Waals surface area contributed by atoms with E-state index in [-0.39, 0.29) is 31.1 Å². The second-order valence-corrected chi connectivity index (χ2v) is 14.2. The van der Waals surface area contributed by atoms with Gasteiger partial charge in [-0.1, -0.05) is 164 Å². The minimum atomic E-state index is -0.793. The molecule has 0 aromatic heterocycles. The highest BCUT2D eigenvalue weighted by molar-refractivity contribution is 5.71. The summed E-state index contributed by atoms with van der Waals surface area (Å²) in [4.78, 5) is 37.4. The van der Waals surface area contributed by atoms with Gasteiger partial charge in [-0.05, 0) is 89.9 Å². The summed E-state index contributed by atoms with van der Waals surface area (Å²) >= 11 is 0. The average molecular weight is 765 g/mol. The van der Waals surface area contributed by atoms with E-state index in [2.05, 4.69) is 106 Å². The number of allylic oxidation sites excluding steroid dienone is 14. The number of esters is 3. The fourth-order valence-corrected chi connectivity index (χ4v) is 5.56. The van der Waals surface area contributed by atoms with Crippen LogP contribution in [-0.4, -0.2) is 37.2 Å². The molecular formula is C49H80O6. The molecule has 0 heterocycles. The zero-order valence-electron chi connectivity index (χ0n) is 35.4. The van der Waals surface area contributed by atoms with E-state index in [1.807, 2.05) is 0 Å². The SMILES string of the molecule is CC/C=C\C/C=C\C/C=C\C/C=C\C/C=C\C/C=C\CCCCC(=O)OCC(COC(=O)CCCCCCCC)OC(=O)CCCCCCC/C=C\CCC. The Kier molecular flexibility index (Phi) is 40.6. The van der Waals surface area contributed by atoms with Crippen molar-refractivity contribution in [1.29, 1.82) is 0 Å². The monoisotopic (exact) mass is 765 g/mol. The Morgan fingerprint density at radius 1 is 0.382 bits per heavy atom. The molecule has 0 rings (SSSR count). The highest BCUT2D eigenvalue weighted by Crippen LogP contribution is 2.12. The van der Waals surface area contributed by atoms with Gasteiger partial charge in [0.25, 0.3) is 0 Å². The van der Waals surface area contributed by atoms with Gasteiger partial charge in [0.05, 0.1) is 0 Å². The third-order valence-electron chi connectivity index (χ3n) is 8.86. The molecule has 6 nitrogen and oxygen atoms in total. The molecule has 0 amide bonds. The topological polar surface area (TPSA) is 78.9 Å². The van der Waals surface area contributed by atoms with Crippen molar-refractivity contribution >= 4 is 17.9 Å². The van der Waals surface area contributed by atoms with Gasteiger partial charge in [-0.3, -0.25) is 14.4 Å². The van der Waals surface area contributed by atoms with Crippen LogP contribution in [0.1, 0.15) is 188 Å². The molecule has 55 heavy (non-hydrogen) atoms. The lowest BCUT2D eigenvalue weighted by Gasteiger charge is -2.18. The summed E-state index contributed by atoms with van der Waals surface area (Å²) in [7, 11) is 0. The molecule has 0 aromatic rings.